The zero-order valence-corrected chi connectivity index (χ0v) is 31.7. The maximum absolute atomic E-state index is 14.7. The average molecular weight is 863 g/mol. The molecule has 0 bridgehead atoms. The highest BCUT2D eigenvalue weighted by molar-refractivity contribution is 6.18. The van der Waals surface area contributed by atoms with Gasteiger partial charge in [-0.05, 0) is 58.7 Å². The first kappa shape index (κ1) is 42.6. The lowest BCUT2D eigenvalue weighted by Gasteiger charge is -2.41. The summed E-state index contributed by atoms with van der Waals surface area (Å²) in [5.41, 5.74) is -2.87. The van der Waals surface area contributed by atoms with E-state index in [2.05, 4.69) is 0 Å². The lowest BCUT2D eigenvalue weighted by molar-refractivity contribution is -0.277. The van der Waals surface area contributed by atoms with Gasteiger partial charge in [0.25, 0.3) is 0 Å². The van der Waals surface area contributed by atoms with E-state index in [9.17, 15) is 80.5 Å². The number of ether oxygens (including phenoxy) is 4. The number of carbonyl (C=O) groups excluding carboxylic acids is 2. The number of fused-ring (bicyclic) bond motifs is 4. The second kappa shape index (κ2) is 16.0. The van der Waals surface area contributed by atoms with E-state index in [0.717, 1.165) is 24.3 Å². The van der Waals surface area contributed by atoms with Crippen molar-refractivity contribution < 1.29 is 99.4 Å². The van der Waals surface area contributed by atoms with Gasteiger partial charge in [0.05, 0.1) is 46.6 Å². The lowest BCUT2D eigenvalue weighted by atomic mass is 9.63. The van der Waals surface area contributed by atoms with Crippen LogP contribution in [0.4, 0.5) is 0 Å². The van der Waals surface area contributed by atoms with Gasteiger partial charge in [-0.3, -0.25) is 9.59 Å². The Morgan fingerprint density at radius 3 is 1.23 bits per heavy atom. The Balaban J connectivity index is 1.38. The summed E-state index contributed by atoms with van der Waals surface area (Å²) in [6.45, 7) is -1.64. The standard InChI is InChI=1S/C42H38O20/c43-11-23-31(47)35(51)37(53)41(61-23)59-21-5-1-3-15-25(17-7-13(39(55)56)9-19(45)27(17)33(49)29(15)21)26-16-4-2-6-22(60-42-38(54)36(52)32(48)24(12-44)62-42)30(16)34(50)28-18(26)8-14(40(57)58)10-20(28)46/h1-10,23-26,31-32,35-38,41-48,51-54H,11-12H2,(H,55,56)(H,57,58)/t23-,24-,25+,26+,31-,32-,35+,36+,37-,38-,41-,42+/m1/s1. The van der Waals surface area contributed by atoms with Gasteiger partial charge in [-0.1, -0.05) is 24.3 Å². The van der Waals surface area contributed by atoms with E-state index in [1.165, 1.54) is 36.4 Å². The van der Waals surface area contributed by atoms with Crippen LogP contribution in [0.3, 0.4) is 0 Å². The summed E-state index contributed by atoms with van der Waals surface area (Å²) >= 11 is 0. The van der Waals surface area contributed by atoms with Crippen molar-refractivity contribution >= 4 is 23.5 Å². The van der Waals surface area contributed by atoms with Crippen LogP contribution in [-0.4, -0.2) is 159 Å². The maximum atomic E-state index is 14.7. The second-order valence-corrected chi connectivity index (χ2v) is 15.2. The number of rotatable bonds is 9. The molecule has 0 saturated carbocycles. The minimum atomic E-state index is -1.94. The maximum Gasteiger partial charge on any atom is 0.335 e. The Kier molecular flexibility index (Phi) is 11.0. The Morgan fingerprint density at radius 1 is 0.516 bits per heavy atom. The Morgan fingerprint density at radius 2 is 0.887 bits per heavy atom. The van der Waals surface area contributed by atoms with Crippen molar-refractivity contribution in [3.8, 4) is 23.0 Å². The minimum Gasteiger partial charge on any atom is -0.507 e. The molecule has 2 heterocycles. The molecule has 2 aliphatic heterocycles. The molecular formula is C42H38O20. The molecule has 0 radical (unpaired) electrons. The quantitative estimate of drug-likeness (QED) is 0.0950. The van der Waals surface area contributed by atoms with Crippen molar-refractivity contribution in [3.05, 3.63) is 116 Å². The normalized spacial score (nSPS) is 30.1. The third-order valence-electron chi connectivity index (χ3n) is 11.7. The van der Waals surface area contributed by atoms with Crippen LogP contribution in [0.2, 0.25) is 0 Å². The number of carbonyl (C=O) groups is 4. The number of hydrogen-bond donors (Lipinski definition) is 12. The first-order chi connectivity index (χ1) is 29.5. The van der Waals surface area contributed by atoms with Crippen molar-refractivity contribution in [2.75, 3.05) is 13.2 Å². The Bertz CT molecular complexity index is 2330. The summed E-state index contributed by atoms with van der Waals surface area (Å²) in [6, 6.07) is 11.9. The van der Waals surface area contributed by atoms with Gasteiger partial charge in [0, 0.05) is 11.8 Å². The third-order valence-corrected chi connectivity index (χ3v) is 11.7. The van der Waals surface area contributed by atoms with E-state index < -0.39 is 144 Å². The van der Waals surface area contributed by atoms with Gasteiger partial charge in [-0.25, -0.2) is 9.59 Å². The predicted octanol–water partition coefficient (Wildman–Crippen LogP) is -1.10. The largest absolute Gasteiger partial charge is 0.507 e. The number of ketones is 2. The fourth-order valence-electron chi connectivity index (χ4n) is 8.71. The third kappa shape index (κ3) is 6.73. The van der Waals surface area contributed by atoms with Gasteiger partial charge < -0.3 is 80.2 Å². The molecule has 4 aliphatic rings. The van der Waals surface area contributed by atoms with Gasteiger partial charge in [-0.15, -0.1) is 0 Å². The molecule has 0 spiro atoms. The van der Waals surface area contributed by atoms with Crippen LogP contribution >= 0.6 is 0 Å². The van der Waals surface area contributed by atoms with E-state index in [1.807, 2.05) is 0 Å². The Labute approximate surface area is 348 Å². The molecule has 8 rings (SSSR count). The number of aromatic carboxylic acids is 2. The molecule has 2 fully saturated rings. The number of aromatic hydroxyl groups is 2. The number of carboxylic acid groups (broad SMARTS) is 2. The molecule has 12 N–H and O–H groups in total. The number of phenols is 2. The van der Waals surface area contributed by atoms with E-state index in [1.54, 1.807) is 0 Å². The number of hydrogen-bond acceptors (Lipinski definition) is 18. The van der Waals surface area contributed by atoms with Crippen LogP contribution in [0.15, 0.2) is 60.7 Å². The summed E-state index contributed by atoms with van der Waals surface area (Å²) in [5, 5.41) is 126. The molecule has 20 nitrogen and oxygen atoms in total. The molecule has 2 aliphatic carbocycles. The molecule has 4 aromatic rings. The highest BCUT2D eigenvalue weighted by Crippen LogP contribution is 2.56. The van der Waals surface area contributed by atoms with Crippen molar-refractivity contribution in [3.63, 3.8) is 0 Å². The van der Waals surface area contributed by atoms with Crippen LogP contribution in [0, 0.1) is 0 Å². The van der Waals surface area contributed by atoms with E-state index in [0.29, 0.717) is 0 Å². The van der Waals surface area contributed by atoms with E-state index in [-0.39, 0.29) is 44.9 Å². The minimum absolute atomic E-state index is 0.00301. The molecule has 2 saturated heterocycles. The van der Waals surface area contributed by atoms with Crippen molar-refractivity contribution in [1.82, 2.24) is 0 Å². The molecule has 62 heavy (non-hydrogen) atoms. The predicted molar refractivity (Wildman–Crippen MR) is 202 cm³/mol. The highest BCUT2D eigenvalue weighted by atomic mass is 16.7. The van der Waals surface area contributed by atoms with E-state index in [4.69, 9.17) is 18.9 Å². The van der Waals surface area contributed by atoms with Crippen molar-refractivity contribution in [1.29, 1.82) is 0 Å². The van der Waals surface area contributed by atoms with Crippen LogP contribution in [0.25, 0.3) is 0 Å². The second-order valence-electron chi connectivity index (χ2n) is 15.2. The first-order valence-electron chi connectivity index (χ1n) is 19.0. The summed E-state index contributed by atoms with van der Waals surface area (Å²) in [5.74, 6) is -10.1. The molecular weight excluding hydrogens is 824 g/mol. The SMILES string of the molecule is O=C(O)c1cc(O)c2c(c1)[C@@H]([C@@H]1c3cc(C(=O)O)cc(O)c3C(=O)c3c(O[C@H]4O[C@H](CO)[C@@H](O)[C@H](O)[C@H]4O)cccc31)c1cccc(O[C@@H]3O[C@H](CO)[C@@H](O)[C@H](O)[C@H]3O)c1C2=O. The van der Waals surface area contributed by atoms with Gasteiger partial charge >= 0.3 is 11.9 Å². The van der Waals surface area contributed by atoms with Gasteiger partial charge in [0.1, 0.15) is 71.8 Å². The topological polar surface area (TPSA) is 348 Å². The summed E-state index contributed by atoms with van der Waals surface area (Å²) < 4.78 is 23.0. The Hall–Kier alpha value is -6.04. The number of benzene rings is 4. The molecule has 0 unspecified atom stereocenters. The number of aliphatic hydroxyl groups is 8. The average Bonchev–Trinajstić information content (AvgIpc) is 3.24. The molecule has 4 aromatic carbocycles. The summed E-state index contributed by atoms with van der Waals surface area (Å²) in [7, 11) is 0. The van der Waals surface area contributed by atoms with Crippen LogP contribution < -0.4 is 9.47 Å². The highest BCUT2D eigenvalue weighted by Gasteiger charge is 2.50. The van der Waals surface area contributed by atoms with Crippen LogP contribution in [-0.2, 0) is 9.47 Å². The fraction of sp³-hybridized carbons (Fsp3) is 0.333. The van der Waals surface area contributed by atoms with Crippen molar-refractivity contribution in [2.24, 2.45) is 0 Å². The molecule has 326 valence electrons. The number of phenolic OH excluding ortho intramolecular Hbond substituents is 2. The molecule has 0 aromatic heterocycles. The molecule has 20 heteroatoms. The van der Waals surface area contributed by atoms with Crippen LogP contribution in [0.1, 0.15) is 86.6 Å². The zero-order valence-electron chi connectivity index (χ0n) is 31.7. The first-order valence-corrected chi connectivity index (χ1v) is 19.0. The van der Waals surface area contributed by atoms with Crippen LogP contribution in [0.5, 0.6) is 23.0 Å². The smallest absolute Gasteiger partial charge is 0.335 e. The monoisotopic (exact) mass is 862 g/mol. The van der Waals surface area contributed by atoms with Gasteiger partial charge in [-0.2, -0.15) is 0 Å². The fourth-order valence-corrected chi connectivity index (χ4v) is 8.71. The summed E-state index contributed by atoms with van der Waals surface area (Å²) in [6.07, 6.45) is -17.7. The summed E-state index contributed by atoms with van der Waals surface area (Å²) in [4.78, 5) is 54.2. The van der Waals surface area contributed by atoms with Gasteiger partial charge in [0.15, 0.2) is 0 Å². The number of aliphatic hydroxyl groups excluding tert-OH is 8. The zero-order chi connectivity index (χ0) is 44.6. The van der Waals surface area contributed by atoms with Crippen molar-refractivity contribution in [2.45, 2.75) is 73.2 Å². The lowest BCUT2D eigenvalue weighted by Crippen LogP contribution is -2.60. The molecule has 12 atom stereocenters. The molecule has 0 amide bonds. The van der Waals surface area contributed by atoms with Gasteiger partial charge in [0.2, 0.25) is 24.1 Å². The van der Waals surface area contributed by atoms with E-state index >= 15 is 0 Å². The number of carboxylic acids is 2.